The lowest BCUT2D eigenvalue weighted by Crippen LogP contribution is -2.31. The number of halogens is 2. The van der Waals surface area contributed by atoms with Crippen LogP contribution in [0.25, 0.3) is 0 Å². The van der Waals surface area contributed by atoms with Gasteiger partial charge in [-0.25, -0.2) is 4.99 Å². The zero-order valence-corrected chi connectivity index (χ0v) is 19.4. The van der Waals surface area contributed by atoms with E-state index in [0.29, 0.717) is 23.6 Å². The molecule has 4 N–H and O–H groups in total. The first-order valence-corrected chi connectivity index (χ1v) is 8.98. The van der Waals surface area contributed by atoms with Gasteiger partial charge in [0.25, 0.3) is 0 Å². The first-order valence-electron chi connectivity index (χ1n) is 8.19. The van der Waals surface area contributed by atoms with Gasteiger partial charge in [0.05, 0.1) is 26.5 Å². The molecule has 6 nitrogen and oxygen atoms in total. The number of guanidine groups is 1. The summed E-state index contributed by atoms with van der Waals surface area (Å²) < 4.78 is 11.5. The van der Waals surface area contributed by atoms with Crippen LogP contribution in [0.15, 0.2) is 51.9 Å². The molecule has 27 heavy (non-hydrogen) atoms. The molecule has 0 bridgehead atoms. The number of nitrogens with two attached hydrogens (primary N) is 1. The summed E-state index contributed by atoms with van der Waals surface area (Å²) in [6, 6.07) is 12.9. The molecule has 0 aliphatic rings. The topological polar surface area (TPSA) is 89.1 Å². The number of hydrogen-bond donors (Lipinski definition) is 3. The number of nitrogens with one attached hydrogen (secondary N) is 1. The number of methoxy groups -OCH3 is 2. The van der Waals surface area contributed by atoms with Crippen LogP contribution in [0.1, 0.15) is 18.9 Å². The Bertz CT molecular complexity index is 771. The standard InChI is InChI=1S/C19H24BrN3O3.HI/c1-4-19(24,13-5-7-14(20)8-6-13)12-22-18(21)23-16-11-15(25-2)9-10-17(16)26-3;/h5-11,24H,4,12H2,1-3H3,(H3,21,22,23);1H. The first kappa shape index (κ1) is 23.5. The van der Waals surface area contributed by atoms with Gasteiger partial charge in [-0.3, -0.25) is 0 Å². The van der Waals surface area contributed by atoms with Crippen LogP contribution in [0.5, 0.6) is 11.5 Å². The summed E-state index contributed by atoms with van der Waals surface area (Å²) in [7, 11) is 3.16. The van der Waals surface area contributed by atoms with Gasteiger partial charge in [0.2, 0.25) is 0 Å². The van der Waals surface area contributed by atoms with E-state index >= 15 is 0 Å². The fourth-order valence-corrected chi connectivity index (χ4v) is 2.74. The van der Waals surface area contributed by atoms with Gasteiger partial charge in [-0.05, 0) is 36.2 Å². The van der Waals surface area contributed by atoms with E-state index in [1.165, 1.54) is 0 Å². The van der Waals surface area contributed by atoms with Gasteiger partial charge in [0.1, 0.15) is 17.1 Å². The Morgan fingerprint density at radius 3 is 2.41 bits per heavy atom. The number of aliphatic hydroxyl groups is 1. The third-order valence-corrected chi connectivity index (χ3v) is 4.68. The Balaban J connectivity index is 0.00000364. The predicted octanol–water partition coefficient (Wildman–Crippen LogP) is 4.11. The number of rotatable bonds is 7. The lowest BCUT2D eigenvalue weighted by molar-refractivity contribution is 0.0424. The van der Waals surface area contributed by atoms with E-state index in [1.54, 1.807) is 32.4 Å². The van der Waals surface area contributed by atoms with Gasteiger partial charge >= 0.3 is 0 Å². The van der Waals surface area contributed by atoms with Crippen molar-refractivity contribution in [3.05, 3.63) is 52.5 Å². The molecule has 0 aliphatic carbocycles. The smallest absolute Gasteiger partial charge is 0.193 e. The summed E-state index contributed by atoms with van der Waals surface area (Å²) in [6.45, 7) is 2.04. The highest BCUT2D eigenvalue weighted by molar-refractivity contribution is 14.0. The number of aliphatic imine (C=N–C) groups is 1. The molecule has 148 valence electrons. The van der Waals surface area contributed by atoms with Crippen molar-refractivity contribution < 1.29 is 14.6 Å². The van der Waals surface area contributed by atoms with Gasteiger partial charge in [-0.1, -0.05) is 35.0 Å². The Hall–Kier alpha value is -1.52. The minimum Gasteiger partial charge on any atom is -0.497 e. The first-order chi connectivity index (χ1) is 12.4. The van der Waals surface area contributed by atoms with E-state index in [1.807, 2.05) is 31.2 Å². The third kappa shape index (κ3) is 6.25. The molecule has 2 aromatic carbocycles. The normalized spacial score (nSPS) is 13.3. The van der Waals surface area contributed by atoms with Crippen LogP contribution >= 0.6 is 39.9 Å². The van der Waals surface area contributed by atoms with Crippen molar-refractivity contribution >= 4 is 51.6 Å². The second kappa shape index (κ2) is 10.7. The molecule has 8 heteroatoms. The molecule has 0 heterocycles. The van der Waals surface area contributed by atoms with E-state index in [2.05, 4.69) is 26.2 Å². The van der Waals surface area contributed by atoms with Gasteiger partial charge in [-0.15, -0.1) is 24.0 Å². The molecule has 0 saturated heterocycles. The second-order valence-electron chi connectivity index (χ2n) is 5.78. The van der Waals surface area contributed by atoms with E-state index in [0.717, 1.165) is 10.0 Å². The molecule has 0 spiro atoms. The van der Waals surface area contributed by atoms with Crippen LogP contribution < -0.4 is 20.5 Å². The van der Waals surface area contributed by atoms with Crippen molar-refractivity contribution in [2.75, 3.05) is 26.1 Å². The molecule has 2 rings (SSSR count). The molecule has 2 aromatic rings. The lowest BCUT2D eigenvalue weighted by Gasteiger charge is -2.25. The van der Waals surface area contributed by atoms with Crippen molar-refractivity contribution in [2.24, 2.45) is 10.7 Å². The zero-order valence-electron chi connectivity index (χ0n) is 15.5. The predicted molar refractivity (Wildman–Crippen MR) is 123 cm³/mol. The van der Waals surface area contributed by atoms with E-state index in [4.69, 9.17) is 15.2 Å². The van der Waals surface area contributed by atoms with Crippen molar-refractivity contribution in [1.29, 1.82) is 0 Å². The summed E-state index contributed by atoms with van der Waals surface area (Å²) in [5, 5.41) is 13.9. The quantitative estimate of drug-likeness (QED) is 0.275. The summed E-state index contributed by atoms with van der Waals surface area (Å²) in [6.07, 6.45) is 0.508. The number of benzene rings is 2. The number of nitrogens with zero attached hydrogens (tertiary/aromatic N) is 1. The van der Waals surface area contributed by atoms with Gasteiger partial charge in [0.15, 0.2) is 5.96 Å². The Morgan fingerprint density at radius 2 is 1.85 bits per heavy atom. The fraction of sp³-hybridized carbons (Fsp3) is 0.316. The zero-order chi connectivity index (χ0) is 19.2. The Morgan fingerprint density at radius 1 is 1.19 bits per heavy atom. The van der Waals surface area contributed by atoms with Crippen LogP contribution in [0.4, 0.5) is 5.69 Å². The van der Waals surface area contributed by atoms with E-state index in [9.17, 15) is 5.11 Å². The highest BCUT2D eigenvalue weighted by Gasteiger charge is 2.27. The lowest BCUT2D eigenvalue weighted by atomic mass is 9.91. The molecule has 0 aromatic heterocycles. The molecule has 1 unspecified atom stereocenters. The molecule has 1 atom stereocenters. The van der Waals surface area contributed by atoms with Crippen LogP contribution in [0, 0.1) is 0 Å². The van der Waals surface area contributed by atoms with Gasteiger partial charge < -0.3 is 25.6 Å². The molecular weight excluding hydrogens is 525 g/mol. The van der Waals surface area contributed by atoms with Crippen LogP contribution in [0.2, 0.25) is 0 Å². The summed E-state index contributed by atoms with van der Waals surface area (Å²) >= 11 is 3.40. The van der Waals surface area contributed by atoms with Crippen LogP contribution in [-0.2, 0) is 5.60 Å². The third-order valence-electron chi connectivity index (χ3n) is 4.15. The van der Waals surface area contributed by atoms with E-state index < -0.39 is 5.60 Å². The average Bonchev–Trinajstić information content (AvgIpc) is 2.66. The molecule has 0 saturated carbocycles. The minimum absolute atomic E-state index is 0. The number of ether oxygens (including phenoxy) is 2. The molecule has 0 aliphatic heterocycles. The Kier molecular flexibility index (Phi) is 9.34. The molecule has 0 radical (unpaired) electrons. The molecule has 0 amide bonds. The van der Waals surface area contributed by atoms with Crippen LogP contribution in [-0.4, -0.2) is 31.8 Å². The monoisotopic (exact) mass is 549 g/mol. The maximum atomic E-state index is 10.9. The highest BCUT2D eigenvalue weighted by Crippen LogP contribution is 2.29. The van der Waals surface area contributed by atoms with Gasteiger partial charge in [-0.2, -0.15) is 0 Å². The molecule has 0 fully saturated rings. The van der Waals surface area contributed by atoms with Crippen molar-refractivity contribution in [2.45, 2.75) is 18.9 Å². The van der Waals surface area contributed by atoms with Crippen molar-refractivity contribution in [3.63, 3.8) is 0 Å². The average molecular weight is 550 g/mol. The van der Waals surface area contributed by atoms with Gasteiger partial charge in [0, 0.05) is 10.5 Å². The van der Waals surface area contributed by atoms with Crippen molar-refractivity contribution in [3.8, 4) is 11.5 Å². The maximum absolute atomic E-state index is 10.9. The Labute approximate surface area is 185 Å². The summed E-state index contributed by atoms with van der Waals surface area (Å²) in [4.78, 5) is 4.32. The summed E-state index contributed by atoms with van der Waals surface area (Å²) in [5.74, 6) is 1.46. The fourth-order valence-electron chi connectivity index (χ4n) is 2.47. The minimum atomic E-state index is -1.09. The largest absolute Gasteiger partial charge is 0.497 e. The highest BCUT2D eigenvalue weighted by atomic mass is 127. The second-order valence-corrected chi connectivity index (χ2v) is 6.70. The molecular formula is C19H25BrIN3O3. The number of hydrogen-bond acceptors (Lipinski definition) is 4. The van der Waals surface area contributed by atoms with Crippen molar-refractivity contribution in [1.82, 2.24) is 0 Å². The maximum Gasteiger partial charge on any atom is 0.193 e. The van der Waals surface area contributed by atoms with E-state index in [-0.39, 0.29) is 36.5 Å². The number of anilines is 1. The summed E-state index contributed by atoms with van der Waals surface area (Å²) in [5.41, 5.74) is 6.34. The SMILES string of the molecule is CCC(O)(CN=C(N)Nc1cc(OC)ccc1OC)c1ccc(Br)cc1.I. The van der Waals surface area contributed by atoms with Crippen LogP contribution in [0.3, 0.4) is 0 Å².